The zero-order valence-electron chi connectivity index (χ0n) is 9.23. The van der Waals surface area contributed by atoms with Gasteiger partial charge in [-0.25, -0.2) is 4.98 Å². The van der Waals surface area contributed by atoms with E-state index in [2.05, 4.69) is 20.6 Å². The summed E-state index contributed by atoms with van der Waals surface area (Å²) in [6, 6.07) is 0.121. The Kier molecular flexibility index (Phi) is 3.84. The molecule has 92 valence electrons. The molecule has 1 aliphatic heterocycles. The van der Waals surface area contributed by atoms with E-state index in [1.165, 1.54) is 6.20 Å². The van der Waals surface area contributed by atoms with E-state index in [9.17, 15) is 9.59 Å². The molecule has 1 aromatic rings. The van der Waals surface area contributed by atoms with Gasteiger partial charge in [-0.05, 0) is 0 Å². The third-order valence-electron chi connectivity index (χ3n) is 2.41. The van der Waals surface area contributed by atoms with Gasteiger partial charge in [0.05, 0.1) is 19.4 Å². The highest BCUT2D eigenvalue weighted by molar-refractivity contribution is 5.91. The zero-order valence-corrected chi connectivity index (χ0v) is 9.23. The lowest BCUT2D eigenvalue weighted by molar-refractivity contribution is 0.0733. The average Bonchev–Trinajstić information content (AvgIpc) is 2.38. The van der Waals surface area contributed by atoms with Gasteiger partial charge in [-0.2, -0.15) is 0 Å². The van der Waals surface area contributed by atoms with E-state index >= 15 is 0 Å². The van der Waals surface area contributed by atoms with Crippen LogP contribution in [0, 0.1) is 0 Å². The minimum atomic E-state index is -0.330. The number of H-pyrrole nitrogens is 1. The summed E-state index contributed by atoms with van der Waals surface area (Å²) in [7, 11) is 0. The van der Waals surface area contributed by atoms with Crippen LogP contribution in [0.4, 0.5) is 0 Å². The summed E-state index contributed by atoms with van der Waals surface area (Å²) in [5.74, 6) is -0.311. The topological polar surface area (TPSA) is 96.1 Å². The number of aromatic amines is 1. The second kappa shape index (κ2) is 5.55. The average molecular weight is 238 g/mol. The minimum absolute atomic E-state index is 0.121. The fraction of sp³-hybridized carbons (Fsp3) is 0.500. The molecule has 3 N–H and O–H groups in total. The van der Waals surface area contributed by atoms with Gasteiger partial charge in [0.25, 0.3) is 11.5 Å². The van der Waals surface area contributed by atoms with Crippen LogP contribution in [0.25, 0.3) is 0 Å². The molecule has 1 atom stereocenters. The molecule has 1 amide bonds. The maximum absolute atomic E-state index is 11.6. The van der Waals surface area contributed by atoms with E-state index in [1.54, 1.807) is 0 Å². The molecule has 2 rings (SSSR count). The van der Waals surface area contributed by atoms with Gasteiger partial charge in [-0.15, -0.1) is 0 Å². The number of nitrogens with zero attached hydrogens (tertiary/aromatic N) is 1. The smallest absolute Gasteiger partial charge is 0.271 e. The number of morpholine rings is 1. The standard InChI is InChI=1S/C10H14N4O3/c15-9-5-12-8(4-13-9)10(16)14-3-7-6-17-2-1-11-7/h4-5,7,11H,1-3,6H2,(H,13,15)(H,14,16). The largest absolute Gasteiger partial charge is 0.378 e. The van der Waals surface area contributed by atoms with Crippen molar-refractivity contribution in [3.63, 3.8) is 0 Å². The highest BCUT2D eigenvalue weighted by atomic mass is 16.5. The number of aromatic nitrogens is 2. The third-order valence-corrected chi connectivity index (χ3v) is 2.41. The third kappa shape index (κ3) is 3.36. The fourth-order valence-corrected chi connectivity index (χ4v) is 1.52. The molecule has 0 aromatic carbocycles. The summed E-state index contributed by atoms with van der Waals surface area (Å²) in [5, 5.41) is 5.94. The van der Waals surface area contributed by atoms with Crippen LogP contribution in [0.3, 0.4) is 0 Å². The van der Waals surface area contributed by atoms with E-state index in [1.807, 2.05) is 0 Å². The van der Waals surface area contributed by atoms with Crippen molar-refractivity contribution in [3.8, 4) is 0 Å². The number of hydrogen-bond donors (Lipinski definition) is 3. The quantitative estimate of drug-likeness (QED) is 0.595. The van der Waals surface area contributed by atoms with E-state index in [0.717, 1.165) is 12.7 Å². The van der Waals surface area contributed by atoms with Gasteiger partial charge < -0.3 is 20.4 Å². The van der Waals surface area contributed by atoms with Crippen LogP contribution in [0.5, 0.6) is 0 Å². The predicted octanol–water partition coefficient (Wildman–Crippen LogP) is -1.51. The van der Waals surface area contributed by atoms with Crippen molar-refractivity contribution in [3.05, 3.63) is 28.4 Å². The Morgan fingerprint density at radius 1 is 1.65 bits per heavy atom. The lowest BCUT2D eigenvalue weighted by Gasteiger charge is -2.23. The number of ether oxygens (including phenoxy) is 1. The molecule has 1 unspecified atom stereocenters. The van der Waals surface area contributed by atoms with Gasteiger partial charge in [-0.1, -0.05) is 0 Å². The van der Waals surface area contributed by atoms with Crippen LogP contribution >= 0.6 is 0 Å². The lowest BCUT2D eigenvalue weighted by atomic mass is 10.2. The highest BCUT2D eigenvalue weighted by Crippen LogP contribution is 1.93. The Balaban J connectivity index is 1.84. The Labute approximate surface area is 97.6 Å². The molecule has 7 nitrogen and oxygen atoms in total. The first kappa shape index (κ1) is 11.7. The summed E-state index contributed by atoms with van der Waals surface area (Å²) in [5.41, 5.74) is -0.134. The first-order valence-corrected chi connectivity index (χ1v) is 5.40. The Hall–Kier alpha value is -1.73. The Morgan fingerprint density at radius 2 is 2.53 bits per heavy atom. The Morgan fingerprint density at radius 3 is 3.18 bits per heavy atom. The van der Waals surface area contributed by atoms with Gasteiger partial charge in [0.1, 0.15) is 5.69 Å². The van der Waals surface area contributed by atoms with E-state index in [-0.39, 0.29) is 23.2 Å². The number of nitrogens with one attached hydrogen (secondary N) is 3. The predicted molar refractivity (Wildman–Crippen MR) is 59.8 cm³/mol. The number of carbonyl (C=O) groups is 1. The number of hydrogen-bond acceptors (Lipinski definition) is 5. The number of amides is 1. The monoisotopic (exact) mass is 238 g/mol. The molecule has 0 aliphatic carbocycles. The van der Waals surface area contributed by atoms with Crippen LogP contribution in [0.15, 0.2) is 17.2 Å². The molecule has 0 bridgehead atoms. The molecular weight excluding hydrogens is 224 g/mol. The summed E-state index contributed by atoms with van der Waals surface area (Å²) >= 11 is 0. The van der Waals surface area contributed by atoms with Gasteiger partial charge in [-0.3, -0.25) is 9.59 Å². The summed E-state index contributed by atoms with van der Waals surface area (Å²) in [4.78, 5) is 28.5. The van der Waals surface area contributed by atoms with E-state index in [4.69, 9.17) is 4.74 Å². The molecule has 1 aromatic heterocycles. The van der Waals surface area contributed by atoms with Crippen molar-refractivity contribution in [1.82, 2.24) is 20.6 Å². The molecule has 1 saturated heterocycles. The summed E-state index contributed by atoms with van der Waals surface area (Å²) < 4.78 is 5.26. The second-order valence-corrected chi connectivity index (χ2v) is 3.73. The van der Waals surface area contributed by atoms with E-state index < -0.39 is 0 Å². The molecule has 0 saturated carbocycles. The van der Waals surface area contributed by atoms with Crippen LogP contribution in [-0.4, -0.2) is 48.2 Å². The molecule has 0 radical (unpaired) electrons. The van der Waals surface area contributed by atoms with Gasteiger partial charge in [0.2, 0.25) is 0 Å². The molecule has 7 heteroatoms. The normalized spacial score (nSPS) is 19.9. The van der Waals surface area contributed by atoms with Crippen molar-refractivity contribution in [1.29, 1.82) is 0 Å². The van der Waals surface area contributed by atoms with Gasteiger partial charge in [0.15, 0.2) is 0 Å². The molecule has 1 aliphatic rings. The maximum Gasteiger partial charge on any atom is 0.271 e. The molecule has 17 heavy (non-hydrogen) atoms. The maximum atomic E-state index is 11.6. The van der Waals surface area contributed by atoms with E-state index in [0.29, 0.717) is 19.8 Å². The van der Waals surface area contributed by atoms with Crippen LogP contribution < -0.4 is 16.2 Å². The van der Waals surface area contributed by atoms with Crippen molar-refractivity contribution >= 4 is 5.91 Å². The SMILES string of the molecule is O=C(NCC1COCCN1)c1c[nH]c(=O)cn1. The van der Waals surface area contributed by atoms with Crippen molar-refractivity contribution < 1.29 is 9.53 Å². The van der Waals surface area contributed by atoms with Crippen molar-refractivity contribution in [2.45, 2.75) is 6.04 Å². The van der Waals surface area contributed by atoms with Gasteiger partial charge in [0, 0.05) is 25.3 Å². The molecule has 2 heterocycles. The fourth-order valence-electron chi connectivity index (χ4n) is 1.52. The Bertz CT molecular complexity index is 419. The molecule has 0 spiro atoms. The molecular formula is C10H14N4O3. The summed E-state index contributed by atoms with van der Waals surface area (Å²) in [6.07, 6.45) is 2.37. The first-order chi connectivity index (χ1) is 8.25. The van der Waals surface area contributed by atoms with Crippen LogP contribution in [0.1, 0.15) is 10.5 Å². The number of carbonyl (C=O) groups excluding carboxylic acids is 1. The van der Waals surface area contributed by atoms with Crippen molar-refractivity contribution in [2.75, 3.05) is 26.3 Å². The second-order valence-electron chi connectivity index (χ2n) is 3.73. The van der Waals surface area contributed by atoms with Crippen LogP contribution in [-0.2, 0) is 4.74 Å². The number of rotatable bonds is 3. The van der Waals surface area contributed by atoms with Crippen LogP contribution in [0.2, 0.25) is 0 Å². The molecule has 1 fully saturated rings. The lowest BCUT2D eigenvalue weighted by Crippen LogP contribution is -2.48. The zero-order chi connectivity index (χ0) is 12.1. The minimum Gasteiger partial charge on any atom is -0.378 e. The van der Waals surface area contributed by atoms with Crippen molar-refractivity contribution in [2.24, 2.45) is 0 Å². The van der Waals surface area contributed by atoms with Gasteiger partial charge >= 0.3 is 0 Å². The highest BCUT2D eigenvalue weighted by Gasteiger charge is 2.14. The first-order valence-electron chi connectivity index (χ1n) is 5.40. The summed E-state index contributed by atoms with van der Waals surface area (Å²) in [6.45, 7) is 2.54.